The van der Waals surface area contributed by atoms with Gasteiger partial charge in [0.1, 0.15) is 6.61 Å². The third-order valence-corrected chi connectivity index (χ3v) is 5.79. The Hall–Kier alpha value is -3.19. The maximum Gasteiger partial charge on any atom is 0.407 e. The zero-order valence-electron chi connectivity index (χ0n) is 15.6. The highest BCUT2D eigenvalue weighted by atomic mass is 32.1. The molecule has 1 heterocycles. The number of rotatable bonds is 7. The molecule has 3 aromatic rings. The quantitative estimate of drug-likeness (QED) is 0.615. The van der Waals surface area contributed by atoms with Crippen molar-refractivity contribution < 1.29 is 19.4 Å². The maximum atomic E-state index is 12.4. The minimum absolute atomic E-state index is 0.0370. The summed E-state index contributed by atoms with van der Waals surface area (Å²) in [5.41, 5.74) is 4.58. The van der Waals surface area contributed by atoms with E-state index in [1.54, 1.807) is 6.20 Å². The van der Waals surface area contributed by atoms with Crippen LogP contribution in [0, 0.1) is 0 Å². The van der Waals surface area contributed by atoms with Crippen molar-refractivity contribution in [1.82, 2.24) is 10.3 Å². The Morgan fingerprint density at radius 1 is 1.10 bits per heavy atom. The summed E-state index contributed by atoms with van der Waals surface area (Å²) in [5.74, 6) is -1.02. The van der Waals surface area contributed by atoms with Crippen LogP contribution in [0.1, 0.15) is 28.5 Å². The van der Waals surface area contributed by atoms with Crippen molar-refractivity contribution >= 4 is 23.4 Å². The number of thiazole rings is 1. The molecule has 29 heavy (non-hydrogen) atoms. The van der Waals surface area contributed by atoms with E-state index in [1.165, 1.54) is 11.3 Å². The molecule has 0 aliphatic heterocycles. The van der Waals surface area contributed by atoms with Crippen LogP contribution >= 0.6 is 11.3 Å². The van der Waals surface area contributed by atoms with Crippen LogP contribution in [-0.4, -0.2) is 34.8 Å². The number of nitrogens with zero attached hydrogens (tertiary/aromatic N) is 1. The predicted molar refractivity (Wildman–Crippen MR) is 110 cm³/mol. The molecular formula is C22H20N2O4S. The molecule has 0 bridgehead atoms. The van der Waals surface area contributed by atoms with Crippen molar-refractivity contribution in [3.63, 3.8) is 0 Å². The molecule has 148 valence electrons. The first kappa shape index (κ1) is 19.1. The number of aromatic nitrogens is 1. The molecular weight excluding hydrogens is 388 g/mol. The molecule has 2 aromatic carbocycles. The van der Waals surface area contributed by atoms with Crippen LogP contribution in [0.5, 0.6) is 0 Å². The molecule has 2 N–H and O–H groups in total. The molecule has 0 fully saturated rings. The van der Waals surface area contributed by atoms with E-state index < -0.39 is 18.1 Å². The van der Waals surface area contributed by atoms with Crippen molar-refractivity contribution in [2.24, 2.45) is 0 Å². The number of fused-ring (bicyclic) bond motifs is 3. The van der Waals surface area contributed by atoms with Gasteiger partial charge in [-0.05, 0) is 22.3 Å². The number of hydrogen-bond acceptors (Lipinski definition) is 5. The Morgan fingerprint density at radius 3 is 2.34 bits per heavy atom. The Morgan fingerprint density at radius 2 is 1.76 bits per heavy atom. The zero-order chi connectivity index (χ0) is 20.2. The number of carboxylic acids is 1. The van der Waals surface area contributed by atoms with Crippen LogP contribution in [0.3, 0.4) is 0 Å². The van der Waals surface area contributed by atoms with Gasteiger partial charge in [0, 0.05) is 30.0 Å². The topological polar surface area (TPSA) is 88.5 Å². The molecule has 0 saturated carbocycles. The van der Waals surface area contributed by atoms with Gasteiger partial charge in [-0.1, -0.05) is 48.5 Å². The zero-order valence-corrected chi connectivity index (χ0v) is 16.4. The summed E-state index contributed by atoms with van der Waals surface area (Å²) in [7, 11) is 0. The number of ether oxygens (including phenoxy) is 1. The number of amides is 1. The van der Waals surface area contributed by atoms with Crippen molar-refractivity contribution in [3.05, 3.63) is 76.2 Å². The first-order valence-electron chi connectivity index (χ1n) is 9.33. The van der Waals surface area contributed by atoms with Crippen molar-refractivity contribution in [2.45, 2.75) is 24.8 Å². The van der Waals surface area contributed by atoms with Gasteiger partial charge in [0.2, 0.25) is 0 Å². The summed E-state index contributed by atoms with van der Waals surface area (Å²) < 4.78 is 5.51. The van der Waals surface area contributed by atoms with Crippen LogP contribution in [-0.2, 0) is 16.0 Å². The second-order valence-corrected chi connectivity index (χ2v) is 7.87. The summed E-state index contributed by atoms with van der Waals surface area (Å²) >= 11 is 1.43. The minimum Gasteiger partial charge on any atom is -0.481 e. The van der Waals surface area contributed by atoms with E-state index in [0.29, 0.717) is 6.42 Å². The van der Waals surface area contributed by atoms with Crippen LogP contribution in [0.25, 0.3) is 11.1 Å². The first-order valence-corrected chi connectivity index (χ1v) is 10.2. The maximum absolute atomic E-state index is 12.4. The average Bonchev–Trinajstić information content (AvgIpc) is 3.32. The van der Waals surface area contributed by atoms with Crippen LogP contribution in [0.15, 0.2) is 60.1 Å². The third-order valence-electron chi connectivity index (χ3n) is 4.99. The largest absolute Gasteiger partial charge is 0.481 e. The summed E-state index contributed by atoms with van der Waals surface area (Å²) in [5, 5.41) is 14.4. The second kappa shape index (κ2) is 8.45. The molecule has 1 aliphatic rings. The number of nitrogens with one attached hydrogen (secondary N) is 1. The van der Waals surface area contributed by atoms with Crippen molar-refractivity contribution in [2.75, 3.05) is 6.61 Å². The molecule has 4 rings (SSSR count). The molecule has 1 atom stereocenters. The lowest BCUT2D eigenvalue weighted by molar-refractivity contribution is -0.137. The number of carboxylic acid groups (broad SMARTS) is 1. The molecule has 0 radical (unpaired) electrons. The number of alkyl carbamates (subject to hydrolysis) is 1. The number of benzene rings is 2. The van der Waals surface area contributed by atoms with Crippen molar-refractivity contribution in [3.8, 4) is 11.1 Å². The van der Waals surface area contributed by atoms with Gasteiger partial charge in [-0.2, -0.15) is 0 Å². The second-order valence-electron chi connectivity index (χ2n) is 6.89. The van der Waals surface area contributed by atoms with Crippen LogP contribution < -0.4 is 5.32 Å². The van der Waals surface area contributed by atoms with Gasteiger partial charge in [-0.3, -0.25) is 4.79 Å². The lowest BCUT2D eigenvalue weighted by atomic mass is 9.98. The van der Waals surface area contributed by atoms with E-state index in [2.05, 4.69) is 34.6 Å². The SMILES string of the molecule is O=C(O)CC(Cc1nccs1)NC(=O)OCC1c2ccccc2-c2ccccc21. The van der Waals surface area contributed by atoms with Gasteiger partial charge >= 0.3 is 12.1 Å². The summed E-state index contributed by atoms with van der Waals surface area (Å²) in [6, 6.07) is 15.6. The van der Waals surface area contributed by atoms with Gasteiger partial charge in [0.15, 0.2) is 0 Å². The number of carbonyl (C=O) groups excluding carboxylic acids is 1. The fraction of sp³-hybridized carbons (Fsp3) is 0.227. The normalized spacial score (nSPS) is 13.4. The van der Waals surface area contributed by atoms with Crippen LogP contribution in [0.4, 0.5) is 4.79 Å². The Kier molecular flexibility index (Phi) is 5.57. The number of hydrogen-bond donors (Lipinski definition) is 2. The highest BCUT2D eigenvalue weighted by molar-refractivity contribution is 7.09. The predicted octanol–water partition coefficient (Wildman–Crippen LogP) is 4.07. The molecule has 1 aliphatic carbocycles. The Labute approximate surface area is 172 Å². The van der Waals surface area contributed by atoms with Gasteiger partial charge in [-0.25, -0.2) is 9.78 Å². The van der Waals surface area contributed by atoms with Crippen molar-refractivity contribution in [1.29, 1.82) is 0 Å². The van der Waals surface area contributed by atoms with Gasteiger partial charge in [0.05, 0.1) is 11.4 Å². The lowest BCUT2D eigenvalue weighted by Gasteiger charge is -2.18. The minimum atomic E-state index is -0.981. The number of aliphatic carboxylic acids is 1. The third kappa shape index (κ3) is 4.30. The molecule has 1 unspecified atom stereocenters. The van der Waals surface area contributed by atoms with E-state index in [0.717, 1.165) is 27.3 Å². The van der Waals surface area contributed by atoms with E-state index in [9.17, 15) is 9.59 Å². The smallest absolute Gasteiger partial charge is 0.407 e. The molecule has 1 amide bonds. The van der Waals surface area contributed by atoms with Gasteiger partial charge < -0.3 is 15.2 Å². The summed E-state index contributed by atoms with van der Waals surface area (Å²) in [6.45, 7) is 0.191. The highest BCUT2D eigenvalue weighted by Crippen LogP contribution is 2.44. The highest BCUT2D eigenvalue weighted by Gasteiger charge is 2.29. The Balaban J connectivity index is 1.43. The first-order chi connectivity index (χ1) is 14.1. The van der Waals surface area contributed by atoms with E-state index in [1.807, 2.05) is 29.6 Å². The lowest BCUT2D eigenvalue weighted by Crippen LogP contribution is -2.38. The summed E-state index contributed by atoms with van der Waals surface area (Å²) in [6.07, 6.45) is 1.21. The van der Waals surface area contributed by atoms with E-state index in [4.69, 9.17) is 9.84 Å². The molecule has 1 aromatic heterocycles. The fourth-order valence-electron chi connectivity index (χ4n) is 3.76. The van der Waals surface area contributed by atoms with Gasteiger partial charge in [-0.15, -0.1) is 11.3 Å². The summed E-state index contributed by atoms with van der Waals surface area (Å²) in [4.78, 5) is 27.7. The Bertz CT molecular complexity index is 974. The molecule has 6 nitrogen and oxygen atoms in total. The average molecular weight is 408 g/mol. The monoisotopic (exact) mass is 408 g/mol. The standard InChI is InChI=1S/C22H20N2O4S/c25-21(26)12-14(11-20-23-9-10-29-20)24-22(27)28-13-19-17-7-3-1-5-15(17)16-6-2-4-8-18(16)19/h1-10,14,19H,11-13H2,(H,24,27)(H,25,26). The van der Waals surface area contributed by atoms with Gasteiger partial charge in [0.25, 0.3) is 0 Å². The molecule has 7 heteroatoms. The number of carbonyl (C=O) groups is 2. The molecule has 0 spiro atoms. The van der Waals surface area contributed by atoms with Crippen LogP contribution in [0.2, 0.25) is 0 Å². The molecule has 0 saturated heterocycles. The van der Waals surface area contributed by atoms with E-state index in [-0.39, 0.29) is 18.9 Å². The fourth-order valence-corrected chi connectivity index (χ4v) is 4.45. The van der Waals surface area contributed by atoms with E-state index >= 15 is 0 Å².